The number of nitrogens with zero attached hydrogens (tertiary/aromatic N) is 1. The fraction of sp³-hybridized carbons (Fsp3) is 0.600. The average molecular weight is 294 g/mol. The van der Waals surface area contributed by atoms with Crippen LogP contribution in [0.25, 0.3) is 0 Å². The molecule has 1 aromatic heterocycles. The van der Waals surface area contributed by atoms with Crippen LogP contribution in [0.2, 0.25) is 0 Å². The van der Waals surface area contributed by atoms with Gasteiger partial charge in [-0.1, -0.05) is 0 Å². The lowest BCUT2D eigenvalue weighted by molar-refractivity contribution is -0.116. The third kappa shape index (κ3) is 4.83. The predicted molar refractivity (Wildman–Crippen MR) is 76.5 cm³/mol. The molecule has 2 heterocycles. The summed E-state index contributed by atoms with van der Waals surface area (Å²) in [5.41, 5.74) is 0.951. The highest BCUT2D eigenvalue weighted by atomic mass is 35.5. The fourth-order valence-electron chi connectivity index (χ4n) is 1.56. The van der Waals surface area contributed by atoms with E-state index in [0.29, 0.717) is 17.6 Å². The molecule has 0 bridgehead atoms. The third-order valence-electron chi connectivity index (χ3n) is 2.30. The number of thioether (sulfide) groups is 1. The Labute approximate surface area is 115 Å². The fourth-order valence-corrected chi connectivity index (χ4v) is 3.21. The Kier molecular flexibility index (Phi) is 6.26. The standard InChI is InChI=1S/C10H15N3OS2.ClH/c1-7-5-16-10(12-7)13-9(14)4-8-6-15-3-2-11-8;/h5,8,11H,2-4,6H2,1H3,(H,12,13,14);1H. The molecule has 1 amide bonds. The van der Waals surface area contributed by atoms with Crippen molar-refractivity contribution < 1.29 is 4.79 Å². The molecule has 1 aliphatic rings. The van der Waals surface area contributed by atoms with Gasteiger partial charge in [0, 0.05) is 35.9 Å². The van der Waals surface area contributed by atoms with Crippen molar-refractivity contribution in [3.8, 4) is 0 Å². The monoisotopic (exact) mass is 293 g/mol. The van der Waals surface area contributed by atoms with Crippen molar-refractivity contribution in [3.05, 3.63) is 11.1 Å². The molecule has 1 atom stereocenters. The van der Waals surface area contributed by atoms with Gasteiger partial charge < -0.3 is 10.6 Å². The van der Waals surface area contributed by atoms with Gasteiger partial charge in [-0.25, -0.2) is 4.98 Å². The van der Waals surface area contributed by atoms with E-state index in [1.54, 1.807) is 0 Å². The molecule has 1 aromatic rings. The van der Waals surface area contributed by atoms with Gasteiger partial charge in [-0.15, -0.1) is 23.7 Å². The number of carbonyl (C=O) groups excluding carboxylic acids is 1. The second-order valence-corrected chi connectivity index (χ2v) is 5.78. The number of hydrogen-bond acceptors (Lipinski definition) is 5. The number of rotatable bonds is 3. The van der Waals surface area contributed by atoms with Crippen molar-refractivity contribution in [3.63, 3.8) is 0 Å². The molecule has 0 aliphatic carbocycles. The summed E-state index contributed by atoms with van der Waals surface area (Å²) in [4.78, 5) is 15.9. The first-order valence-electron chi connectivity index (χ1n) is 5.27. The molecule has 0 saturated carbocycles. The van der Waals surface area contributed by atoms with E-state index >= 15 is 0 Å². The van der Waals surface area contributed by atoms with Gasteiger partial charge in [0.1, 0.15) is 0 Å². The topological polar surface area (TPSA) is 54.0 Å². The van der Waals surface area contributed by atoms with Gasteiger partial charge in [0.15, 0.2) is 5.13 Å². The van der Waals surface area contributed by atoms with Gasteiger partial charge in [-0.05, 0) is 6.92 Å². The van der Waals surface area contributed by atoms with Crippen LogP contribution in [-0.2, 0) is 4.79 Å². The second-order valence-electron chi connectivity index (χ2n) is 3.77. The van der Waals surface area contributed by atoms with Gasteiger partial charge in [-0.3, -0.25) is 4.79 Å². The van der Waals surface area contributed by atoms with E-state index in [2.05, 4.69) is 15.6 Å². The molecule has 17 heavy (non-hydrogen) atoms. The van der Waals surface area contributed by atoms with E-state index in [0.717, 1.165) is 23.7 Å². The van der Waals surface area contributed by atoms with Gasteiger partial charge >= 0.3 is 0 Å². The number of thiazole rings is 1. The van der Waals surface area contributed by atoms with Crippen LogP contribution < -0.4 is 10.6 Å². The molecule has 0 aromatic carbocycles. The SMILES string of the molecule is Cc1csc(NC(=O)CC2CSCCN2)n1.Cl. The van der Waals surface area contributed by atoms with Crippen molar-refractivity contribution in [2.75, 3.05) is 23.4 Å². The van der Waals surface area contributed by atoms with Crippen molar-refractivity contribution in [1.29, 1.82) is 0 Å². The molecular weight excluding hydrogens is 278 g/mol. The van der Waals surface area contributed by atoms with Crippen molar-refractivity contribution in [2.45, 2.75) is 19.4 Å². The quantitative estimate of drug-likeness (QED) is 0.894. The first-order valence-corrected chi connectivity index (χ1v) is 7.30. The highest BCUT2D eigenvalue weighted by molar-refractivity contribution is 7.99. The Morgan fingerprint density at radius 3 is 3.12 bits per heavy atom. The van der Waals surface area contributed by atoms with Crippen LogP contribution in [0, 0.1) is 6.92 Å². The number of hydrogen-bond donors (Lipinski definition) is 2. The van der Waals surface area contributed by atoms with Crippen LogP contribution in [0.4, 0.5) is 5.13 Å². The number of nitrogens with one attached hydrogen (secondary N) is 2. The molecule has 7 heteroatoms. The zero-order valence-corrected chi connectivity index (χ0v) is 12.0. The molecule has 2 rings (SSSR count). The van der Waals surface area contributed by atoms with Crippen LogP contribution in [0.1, 0.15) is 12.1 Å². The predicted octanol–water partition coefficient (Wildman–Crippen LogP) is 1.91. The Bertz CT molecular complexity index is 366. The number of halogens is 1. The van der Waals surface area contributed by atoms with Crippen LogP contribution >= 0.6 is 35.5 Å². The first-order chi connectivity index (χ1) is 7.74. The second kappa shape index (κ2) is 7.20. The van der Waals surface area contributed by atoms with Crippen LogP contribution in [0.5, 0.6) is 0 Å². The lowest BCUT2D eigenvalue weighted by atomic mass is 10.2. The van der Waals surface area contributed by atoms with Crippen LogP contribution in [-0.4, -0.2) is 35.0 Å². The molecule has 96 valence electrons. The number of carbonyl (C=O) groups is 1. The van der Waals surface area contributed by atoms with Gasteiger partial charge in [0.25, 0.3) is 0 Å². The summed E-state index contributed by atoms with van der Waals surface area (Å²) >= 11 is 3.37. The van der Waals surface area contributed by atoms with Crippen molar-refractivity contribution in [1.82, 2.24) is 10.3 Å². The largest absolute Gasteiger partial charge is 0.312 e. The molecule has 1 saturated heterocycles. The number of anilines is 1. The molecule has 1 unspecified atom stereocenters. The normalized spacial score (nSPS) is 19.5. The lowest BCUT2D eigenvalue weighted by Crippen LogP contribution is -2.39. The maximum Gasteiger partial charge on any atom is 0.227 e. The average Bonchev–Trinajstić information content (AvgIpc) is 2.65. The maximum absolute atomic E-state index is 11.7. The number of amides is 1. The van der Waals surface area contributed by atoms with Crippen LogP contribution in [0.15, 0.2) is 5.38 Å². The minimum atomic E-state index is 0. The minimum absolute atomic E-state index is 0. The highest BCUT2D eigenvalue weighted by Crippen LogP contribution is 2.16. The number of aryl methyl sites for hydroxylation is 1. The maximum atomic E-state index is 11.7. The van der Waals surface area contributed by atoms with Gasteiger partial charge in [0.05, 0.1) is 5.69 Å². The third-order valence-corrected chi connectivity index (χ3v) is 4.30. The molecule has 2 N–H and O–H groups in total. The first kappa shape index (κ1) is 14.8. The lowest BCUT2D eigenvalue weighted by Gasteiger charge is -2.22. The summed E-state index contributed by atoms with van der Waals surface area (Å²) in [7, 11) is 0. The molecule has 1 aliphatic heterocycles. The van der Waals surface area contributed by atoms with E-state index in [1.165, 1.54) is 11.3 Å². The van der Waals surface area contributed by atoms with Crippen molar-refractivity contribution >= 4 is 46.5 Å². The van der Waals surface area contributed by atoms with Crippen LogP contribution in [0.3, 0.4) is 0 Å². The highest BCUT2D eigenvalue weighted by Gasteiger charge is 2.17. The molecule has 0 spiro atoms. The summed E-state index contributed by atoms with van der Waals surface area (Å²) in [6, 6.07) is 0.305. The Morgan fingerprint density at radius 2 is 2.53 bits per heavy atom. The Hall–Kier alpha value is -0.300. The van der Waals surface area contributed by atoms with E-state index < -0.39 is 0 Å². The van der Waals surface area contributed by atoms with Crippen molar-refractivity contribution in [2.24, 2.45) is 0 Å². The molecular formula is C10H16ClN3OS2. The Morgan fingerprint density at radius 1 is 1.71 bits per heavy atom. The number of aromatic nitrogens is 1. The molecule has 0 radical (unpaired) electrons. The Balaban J connectivity index is 0.00000144. The molecule has 1 fully saturated rings. The van der Waals surface area contributed by atoms with E-state index in [4.69, 9.17) is 0 Å². The summed E-state index contributed by atoms with van der Waals surface area (Å²) in [5.74, 6) is 2.21. The zero-order valence-electron chi connectivity index (χ0n) is 9.56. The molecule has 4 nitrogen and oxygen atoms in total. The summed E-state index contributed by atoms with van der Waals surface area (Å²) < 4.78 is 0. The van der Waals surface area contributed by atoms with Gasteiger partial charge in [0.2, 0.25) is 5.91 Å². The summed E-state index contributed by atoms with van der Waals surface area (Å²) in [6.07, 6.45) is 0.533. The van der Waals surface area contributed by atoms with E-state index in [1.807, 2.05) is 24.1 Å². The smallest absolute Gasteiger partial charge is 0.227 e. The minimum Gasteiger partial charge on any atom is -0.312 e. The summed E-state index contributed by atoms with van der Waals surface area (Å²) in [5, 5.41) is 8.81. The van der Waals surface area contributed by atoms with E-state index in [9.17, 15) is 4.79 Å². The summed E-state index contributed by atoms with van der Waals surface area (Å²) in [6.45, 7) is 2.92. The van der Waals surface area contributed by atoms with E-state index in [-0.39, 0.29) is 18.3 Å². The zero-order chi connectivity index (χ0) is 11.4. The van der Waals surface area contributed by atoms with Gasteiger partial charge in [-0.2, -0.15) is 11.8 Å².